The summed E-state index contributed by atoms with van der Waals surface area (Å²) in [6, 6.07) is 58.6. The smallest absolute Gasteiger partial charge is 0.164 e. The van der Waals surface area contributed by atoms with E-state index in [1.807, 2.05) is 48.5 Å². The lowest BCUT2D eigenvalue weighted by Gasteiger charge is -2.11. The first-order chi connectivity index (χ1) is 24.8. The highest BCUT2D eigenvalue weighted by Gasteiger charge is 2.16. The topological polar surface area (TPSA) is 56.7 Å². The maximum Gasteiger partial charge on any atom is 0.164 e. The molecule has 0 saturated carbocycles. The normalized spacial score (nSPS) is 11.6. The van der Waals surface area contributed by atoms with Crippen LogP contribution in [0.4, 0.5) is 0 Å². The Hall–Kier alpha value is -6.85. The van der Waals surface area contributed by atoms with Gasteiger partial charge in [-0.25, -0.2) is 15.0 Å². The second-order valence-corrected chi connectivity index (χ2v) is 12.4. The molecular formula is C45H28N4O. The molecule has 0 radical (unpaired) electrons. The molecule has 10 rings (SSSR count). The summed E-state index contributed by atoms with van der Waals surface area (Å²) in [6.45, 7) is 0. The summed E-state index contributed by atoms with van der Waals surface area (Å²) in [4.78, 5) is 15.0. The van der Waals surface area contributed by atoms with Gasteiger partial charge < -0.3 is 8.98 Å². The van der Waals surface area contributed by atoms with Gasteiger partial charge in [-0.2, -0.15) is 0 Å². The summed E-state index contributed by atoms with van der Waals surface area (Å²) in [5.41, 5.74) is 10.1. The summed E-state index contributed by atoms with van der Waals surface area (Å²) >= 11 is 0. The number of hydrogen-bond donors (Lipinski definition) is 0. The summed E-state index contributed by atoms with van der Waals surface area (Å²) in [5, 5.41) is 4.71. The van der Waals surface area contributed by atoms with Gasteiger partial charge in [0, 0.05) is 49.5 Å². The Balaban J connectivity index is 1.06. The van der Waals surface area contributed by atoms with Crippen LogP contribution >= 0.6 is 0 Å². The Morgan fingerprint density at radius 1 is 0.360 bits per heavy atom. The van der Waals surface area contributed by atoms with Gasteiger partial charge in [-0.1, -0.05) is 127 Å². The van der Waals surface area contributed by atoms with Gasteiger partial charge in [0.2, 0.25) is 0 Å². The molecule has 3 aromatic heterocycles. The second kappa shape index (κ2) is 11.4. The SMILES string of the molecule is c1ccc(-c2nc(-c3ccc(-c4cccc5c4oc4ccccc45)cc3)nc(-c3ccc(-n4c5ccccc5c5ccccc54)cc3)n2)cc1. The van der Waals surface area contributed by atoms with Crippen LogP contribution in [-0.4, -0.2) is 19.5 Å². The Labute approximate surface area is 287 Å². The van der Waals surface area contributed by atoms with Gasteiger partial charge in [-0.05, 0) is 48.0 Å². The molecule has 0 spiro atoms. The van der Waals surface area contributed by atoms with Crippen LogP contribution in [0, 0.1) is 0 Å². The highest BCUT2D eigenvalue weighted by atomic mass is 16.3. The van der Waals surface area contributed by atoms with Crippen molar-refractivity contribution in [1.29, 1.82) is 0 Å². The molecule has 0 bridgehead atoms. The van der Waals surface area contributed by atoms with Crippen molar-refractivity contribution in [3.05, 3.63) is 170 Å². The van der Waals surface area contributed by atoms with E-state index in [0.29, 0.717) is 17.5 Å². The maximum atomic E-state index is 6.32. The van der Waals surface area contributed by atoms with Crippen molar-refractivity contribution in [2.45, 2.75) is 0 Å². The molecule has 0 N–H and O–H groups in total. The van der Waals surface area contributed by atoms with Crippen LogP contribution in [0.3, 0.4) is 0 Å². The van der Waals surface area contributed by atoms with Gasteiger partial charge in [0.15, 0.2) is 17.5 Å². The number of nitrogens with zero attached hydrogens (tertiary/aromatic N) is 4. The van der Waals surface area contributed by atoms with E-state index in [2.05, 4.69) is 126 Å². The first kappa shape index (κ1) is 28.2. The third-order valence-corrected chi connectivity index (χ3v) is 9.49. The highest BCUT2D eigenvalue weighted by Crippen LogP contribution is 2.37. The molecule has 0 aliphatic carbocycles. The van der Waals surface area contributed by atoms with Crippen LogP contribution in [0.15, 0.2) is 174 Å². The molecule has 10 aromatic rings. The Morgan fingerprint density at radius 2 is 0.840 bits per heavy atom. The Kier molecular flexibility index (Phi) is 6.42. The average Bonchev–Trinajstić information content (AvgIpc) is 3.74. The average molecular weight is 641 g/mol. The van der Waals surface area contributed by atoms with Gasteiger partial charge >= 0.3 is 0 Å². The van der Waals surface area contributed by atoms with Crippen molar-refractivity contribution in [3.8, 4) is 51.0 Å². The summed E-state index contributed by atoms with van der Waals surface area (Å²) in [7, 11) is 0. The zero-order valence-electron chi connectivity index (χ0n) is 26.9. The largest absolute Gasteiger partial charge is 0.455 e. The minimum atomic E-state index is 0.619. The fourth-order valence-electron chi connectivity index (χ4n) is 7.08. The van der Waals surface area contributed by atoms with E-state index >= 15 is 0 Å². The molecular weight excluding hydrogens is 613 g/mol. The van der Waals surface area contributed by atoms with E-state index in [4.69, 9.17) is 19.4 Å². The third kappa shape index (κ3) is 4.60. The monoisotopic (exact) mass is 640 g/mol. The van der Waals surface area contributed by atoms with E-state index in [-0.39, 0.29) is 0 Å². The first-order valence-corrected chi connectivity index (χ1v) is 16.7. The molecule has 0 aliphatic heterocycles. The quantitative estimate of drug-likeness (QED) is 0.188. The van der Waals surface area contributed by atoms with Crippen LogP contribution < -0.4 is 0 Å². The van der Waals surface area contributed by atoms with Crippen molar-refractivity contribution in [2.75, 3.05) is 0 Å². The molecule has 0 amide bonds. The minimum absolute atomic E-state index is 0.619. The first-order valence-electron chi connectivity index (χ1n) is 16.7. The molecule has 0 aliphatic rings. The molecule has 0 saturated heterocycles. The van der Waals surface area contributed by atoms with E-state index in [1.165, 1.54) is 21.8 Å². The standard InChI is InChI=1S/C45H28N4O/c1-2-11-30(12-3-1)43-46-44(31-23-21-29(22-24-31)34-16-10-17-38-37-15-6-9-20-41(37)50-42(34)38)48-45(47-43)32-25-27-33(28-26-32)49-39-18-7-4-13-35(39)36-14-5-8-19-40(36)49/h1-28H. The number of para-hydroxylation sites is 4. The molecule has 0 fully saturated rings. The molecule has 5 heteroatoms. The van der Waals surface area contributed by atoms with E-state index in [0.717, 1.165) is 55.4 Å². The highest BCUT2D eigenvalue weighted by molar-refractivity contribution is 6.10. The lowest BCUT2D eigenvalue weighted by atomic mass is 10.0. The van der Waals surface area contributed by atoms with Crippen molar-refractivity contribution < 1.29 is 4.42 Å². The molecule has 5 nitrogen and oxygen atoms in total. The molecule has 3 heterocycles. The predicted octanol–water partition coefficient (Wildman–Crippen LogP) is 11.5. The Morgan fingerprint density at radius 3 is 1.48 bits per heavy atom. The molecule has 0 unspecified atom stereocenters. The number of benzene rings is 7. The number of hydrogen-bond acceptors (Lipinski definition) is 4. The fraction of sp³-hybridized carbons (Fsp3) is 0. The summed E-state index contributed by atoms with van der Waals surface area (Å²) in [6.07, 6.45) is 0. The lowest BCUT2D eigenvalue weighted by molar-refractivity contribution is 0.670. The number of rotatable bonds is 5. The zero-order chi connectivity index (χ0) is 33.0. The van der Waals surface area contributed by atoms with Crippen LogP contribution in [0.1, 0.15) is 0 Å². The van der Waals surface area contributed by atoms with Gasteiger partial charge in [0.25, 0.3) is 0 Å². The van der Waals surface area contributed by atoms with Crippen molar-refractivity contribution in [2.24, 2.45) is 0 Å². The van der Waals surface area contributed by atoms with Crippen LogP contribution in [0.2, 0.25) is 0 Å². The predicted molar refractivity (Wildman–Crippen MR) is 203 cm³/mol. The van der Waals surface area contributed by atoms with Crippen LogP contribution in [-0.2, 0) is 0 Å². The van der Waals surface area contributed by atoms with Crippen molar-refractivity contribution in [1.82, 2.24) is 19.5 Å². The van der Waals surface area contributed by atoms with Gasteiger partial charge in [0.1, 0.15) is 11.2 Å². The molecule has 50 heavy (non-hydrogen) atoms. The third-order valence-electron chi connectivity index (χ3n) is 9.49. The van der Waals surface area contributed by atoms with E-state index in [9.17, 15) is 0 Å². The fourth-order valence-corrected chi connectivity index (χ4v) is 7.08. The Bertz CT molecular complexity index is 2800. The van der Waals surface area contributed by atoms with Crippen molar-refractivity contribution in [3.63, 3.8) is 0 Å². The van der Waals surface area contributed by atoms with Crippen LogP contribution in [0.5, 0.6) is 0 Å². The van der Waals surface area contributed by atoms with Gasteiger partial charge in [-0.3, -0.25) is 0 Å². The maximum absolute atomic E-state index is 6.32. The number of aromatic nitrogens is 4. The van der Waals surface area contributed by atoms with E-state index < -0.39 is 0 Å². The summed E-state index contributed by atoms with van der Waals surface area (Å²) < 4.78 is 8.64. The van der Waals surface area contributed by atoms with E-state index in [1.54, 1.807) is 0 Å². The van der Waals surface area contributed by atoms with Gasteiger partial charge in [-0.15, -0.1) is 0 Å². The number of furan rings is 1. The van der Waals surface area contributed by atoms with Crippen molar-refractivity contribution >= 4 is 43.7 Å². The second-order valence-electron chi connectivity index (χ2n) is 12.4. The zero-order valence-corrected chi connectivity index (χ0v) is 26.9. The molecule has 234 valence electrons. The summed E-state index contributed by atoms with van der Waals surface area (Å²) in [5.74, 6) is 1.88. The minimum Gasteiger partial charge on any atom is -0.455 e. The van der Waals surface area contributed by atoms with Gasteiger partial charge in [0.05, 0.1) is 11.0 Å². The van der Waals surface area contributed by atoms with Crippen LogP contribution in [0.25, 0.3) is 94.7 Å². The lowest BCUT2D eigenvalue weighted by Crippen LogP contribution is -2.00. The molecule has 0 atom stereocenters. The number of fused-ring (bicyclic) bond motifs is 6. The molecule has 7 aromatic carbocycles.